The van der Waals surface area contributed by atoms with Crippen molar-refractivity contribution >= 4 is 43.1 Å². The first-order chi connectivity index (χ1) is 18.7. The van der Waals surface area contributed by atoms with E-state index in [1.54, 1.807) is 0 Å². The molecule has 5 nitrogen and oxygen atoms in total. The SMILES string of the molecule is CC(C)(Sc1cc(C(C)(C)C)c(OC(=O)CCC(=O)O)c(C(C)(C)C)c1)[Se]c1cc(C(C)(C)C)c(O)c(C(C)(C)C)c1. The van der Waals surface area contributed by atoms with Crippen LogP contribution in [0, 0.1) is 0 Å². The van der Waals surface area contributed by atoms with E-state index in [-0.39, 0.29) is 53.1 Å². The number of thioether (sulfide) groups is 1. The van der Waals surface area contributed by atoms with E-state index in [0.29, 0.717) is 11.5 Å². The zero-order chi connectivity index (χ0) is 32.6. The number of hydrogen-bond acceptors (Lipinski definition) is 5. The number of phenolic OH excluding ortho intramolecular Hbond substituents is 1. The summed E-state index contributed by atoms with van der Waals surface area (Å²) in [6, 6.07) is 8.65. The van der Waals surface area contributed by atoms with Gasteiger partial charge in [-0.15, -0.1) is 0 Å². The summed E-state index contributed by atoms with van der Waals surface area (Å²) in [5.41, 5.74) is 2.82. The van der Waals surface area contributed by atoms with Crippen molar-refractivity contribution in [3.8, 4) is 11.5 Å². The molecule has 2 aromatic carbocycles. The second-order valence-corrected chi connectivity index (χ2v) is 21.5. The molecule has 234 valence electrons. The molecule has 7 heteroatoms. The predicted molar refractivity (Wildman–Crippen MR) is 177 cm³/mol. The van der Waals surface area contributed by atoms with Crippen LogP contribution in [0.4, 0.5) is 0 Å². The van der Waals surface area contributed by atoms with Crippen molar-refractivity contribution in [1.29, 1.82) is 0 Å². The molecule has 0 spiro atoms. The zero-order valence-corrected chi connectivity index (χ0v) is 30.7. The Labute approximate surface area is 264 Å². The van der Waals surface area contributed by atoms with Gasteiger partial charge in [-0.1, -0.05) is 0 Å². The first-order valence-electron chi connectivity index (χ1n) is 14.6. The molecule has 0 aliphatic heterocycles. The van der Waals surface area contributed by atoms with Crippen LogP contribution >= 0.6 is 11.8 Å². The van der Waals surface area contributed by atoms with Gasteiger partial charge in [-0.3, -0.25) is 0 Å². The minimum atomic E-state index is -1.02. The van der Waals surface area contributed by atoms with Crippen LogP contribution in [-0.4, -0.2) is 40.8 Å². The zero-order valence-electron chi connectivity index (χ0n) is 28.2. The van der Waals surface area contributed by atoms with E-state index in [4.69, 9.17) is 9.84 Å². The van der Waals surface area contributed by atoms with E-state index in [0.717, 1.165) is 27.1 Å². The third-order valence-corrected chi connectivity index (χ3v) is 10.8. The van der Waals surface area contributed by atoms with Crippen molar-refractivity contribution in [2.24, 2.45) is 0 Å². The molecule has 42 heavy (non-hydrogen) atoms. The third kappa shape index (κ3) is 9.79. The number of aromatic hydroxyl groups is 1. The molecule has 0 bridgehead atoms. The molecule has 2 N–H and O–H groups in total. The van der Waals surface area contributed by atoms with E-state index >= 15 is 0 Å². The van der Waals surface area contributed by atoms with Crippen molar-refractivity contribution in [3.63, 3.8) is 0 Å². The summed E-state index contributed by atoms with van der Waals surface area (Å²) in [7, 11) is 0. The number of carbonyl (C=O) groups is 2. The Balaban J connectivity index is 2.61. The molecule has 0 aromatic heterocycles. The molecule has 0 aliphatic rings. The van der Waals surface area contributed by atoms with Crippen LogP contribution in [0.15, 0.2) is 29.2 Å². The summed E-state index contributed by atoms with van der Waals surface area (Å²) >= 11 is 1.89. The van der Waals surface area contributed by atoms with Gasteiger partial charge in [0.15, 0.2) is 0 Å². The number of rotatable bonds is 8. The molecule has 0 aliphatic carbocycles. The van der Waals surface area contributed by atoms with Gasteiger partial charge in [-0.25, -0.2) is 0 Å². The third-order valence-electron chi connectivity index (χ3n) is 6.86. The number of carboxylic acids is 1. The Bertz CT molecular complexity index is 1240. The molecule has 0 heterocycles. The Morgan fingerprint density at radius 2 is 1.10 bits per heavy atom. The molecular formula is C35H52O5SSe. The van der Waals surface area contributed by atoms with Crippen molar-refractivity contribution < 1.29 is 24.5 Å². The summed E-state index contributed by atoms with van der Waals surface area (Å²) < 4.78 is 7.06. The number of carboxylic acid groups (broad SMARTS) is 1. The first kappa shape index (κ1) is 36.2. The minimum absolute atomic E-state index is 0.0666. The van der Waals surface area contributed by atoms with Gasteiger partial charge in [0.2, 0.25) is 0 Å². The standard InChI is InChI=1S/C35H52O5SSe/c1-31(2,3)23-19-22(20-24(29(23)39)32(4,5)6)42-35(13,14)41-21-17-25(33(7,8)9)30(26(18-21)34(10,11)12)40-28(38)16-15-27(36)37/h17-20,39H,15-16H2,1-14H3,(H,36,37). The predicted octanol–water partition coefficient (Wildman–Crippen LogP) is 8.21. The molecule has 0 amide bonds. The Morgan fingerprint density at radius 3 is 1.45 bits per heavy atom. The number of carbonyl (C=O) groups excluding carboxylic acids is 1. The summed E-state index contributed by atoms with van der Waals surface area (Å²) in [4.78, 5) is 24.9. The van der Waals surface area contributed by atoms with Crippen LogP contribution in [0.5, 0.6) is 11.5 Å². The van der Waals surface area contributed by atoms with Gasteiger partial charge in [0, 0.05) is 0 Å². The van der Waals surface area contributed by atoms with Crippen molar-refractivity contribution in [2.45, 2.75) is 140 Å². The summed E-state index contributed by atoms with van der Waals surface area (Å²) in [6.45, 7) is 30.0. The number of esters is 1. The summed E-state index contributed by atoms with van der Waals surface area (Å²) in [5.74, 6) is -0.610. The van der Waals surface area contributed by atoms with Crippen molar-refractivity contribution in [2.75, 3.05) is 0 Å². The molecular weight excluding hydrogens is 611 g/mol. The average Bonchev–Trinajstić information content (AvgIpc) is 2.76. The molecule has 2 rings (SSSR count). The quantitative estimate of drug-likeness (QED) is 0.128. The van der Waals surface area contributed by atoms with Crippen LogP contribution in [0.25, 0.3) is 0 Å². The van der Waals surface area contributed by atoms with Crippen LogP contribution in [-0.2, 0) is 31.2 Å². The molecule has 0 atom stereocenters. The summed E-state index contributed by atoms with van der Waals surface area (Å²) in [5, 5.41) is 20.3. The number of aliphatic carboxylic acids is 1. The number of benzene rings is 2. The van der Waals surface area contributed by atoms with Gasteiger partial charge in [0.25, 0.3) is 0 Å². The van der Waals surface area contributed by atoms with Crippen molar-refractivity contribution in [1.82, 2.24) is 0 Å². The Morgan fingerprint density at radius 1 is 0.690 bits per heavy atom. The van der Waals surface area contributed by atoms with Gasteiger partial charge in [-0.05, 0) is 0 Å². The fourth-order valence-corrected chi connectivity index (χ4v) is 8.92. The number of ether oxygens (including phenoxy) is 1. The van der Waals surface area contributed by atoms with Crippen LogP contribution in [0.3, 0.4) is 0 Å². The van der Waals surface area contributed by atoms with E-state index in [1.165, 1.54) is 4.46 Å². The normalized spacial score (nSPS) is 13.3. The Hall–Kier alpha value is -1.95. The maximum atomic E-state index is 12.7. The molecule has 0 saturated heterocycles. The van der Waals surface area contributed by atoms with E-state index in [9.17, 15) is 14.7 Å². The van der Waals surface area contributed by atoms with E-state index < -0.39 is 11.9 Å². The molecule has 0 unspecified atom stereocenters. The first-order valence-corrected chi connectivity index (χ1v) is 17.1. The molecule has 0 fully saturated rings. The molecule has 2 aromatic rings. The monoisotopic (exact) mass is 664 g/mol. The molecule has 0 saturated carbocycles. The van der Waals surface area contributed by atoms with Gasteiger partial charge < -0.3 is 0 Å². The maximum absolute atomic E-state index is 12.7. The van der Waals surface area contributed by atoms with Crippen LogP contribution in [0.2, 0.25) is 0 Å². The number of phenols is 1. The van der Waals surface area contributed by atoms with Gasteiger partial charge in [0.05, 0.1) is 0 Å². The fourth-order valence-electron chi connectivity index (χ4n) is 4.66. The van der Waals surface area contributed by atoms with E-state index in [2.05, 4.69) is 121 Å². The average molecular weight is 664 g/mol. The molecule has 0 radical (unpaired) electrons. The second-order valence-electron chi connectivity index (χ2n) is 15.7. The van der Waals surface area contributed by atoms with Crippen LogP contribution in [0.1, 0.15) is 132 Å². The van der Waals surface area contributed by atoms with Gasteiger partial charge in [0.1, 0.15) is 0 Å². The topological polar surface area (TPSA) is 83.8 Å². The van der Waals surface area contributed by atoms with Gasteiger partial charge in [-0.2, -0.15) is 0 Å². The van der Waals surface area contributed by atoms with Crippen molar-refractivity contribution in [3.05, 3.63) is 46.5 Å². The Kier molecular flexibility index (Phi) is 10.9. The van der Waals surface area contributed by atoms with Crippen LogP contribution < -0.4 is 9.20 Å². The number of hydrogen-bond donors (Lipinski definition) is 2. The summed E-state index contributed by atoms with van der Waals surface area (Å²) in [6.07, 6.45) is -0.432. The van der Waals surface area contributed by atoms with E-state index in [1.807, 2.05) is 11.8 Å². The second kappa shape index (κ2) is 12.6. The fraction of sp³-hybridized carbons (Fsp3) is 0.600. The van der Waals surface area contributed by atoms with Gasteiger partial charge >= 0.3 is 266 Å².